The Kier molecular flexibility index (Phi) is 9.43. The van der Waals surface area contributed by atoms with Gasteiger partial charge in [0.05, 0.1) is 6.61 Å². The molecule has 0 aliphatic heterocycles. The molecule has 6 fully saturated rings. The van der Waals surface area contributed by atoms with Gasteiger partial charge in [0, 0.05) is 17.8 Å². The molecule has 6 aliphatic carbocycles. The predicted octanol–water partition coefficient (Wildman–Crippen LogP) is 6.56. The molecule has 6 atom stereocenters. The molecule has 4 nitrogen and oxygen atoms in total. The summed E-state index contributed by atoms with van der Waals surface area (Å²) < 4.78 is 5.29. The second kappa shape index (κ2) is 11.1. The number of halogens is 1. The Hall–Kier alpha value is -1.13. The molecule has 6 aliphatic rings. The average Bonchev–Trinajstić information content (AvgIpc) is 2.77. The van der Waals surface area contributed by atoms with Gasteiger partial charge in [0.25, 0.3) is 0 Å². The molecule has 6 rings (SSSR count). The van der Waals surface area contributed by atoms with Crippen molar-refractivity contribution in [2.24, 2.45) is 46.3 Å². The van der Waals surface area contributed by atoms with Crippen LogP contribution in [0.15, 0.2) is 24.3 Å². The summed E-state index contributed by atoms with van der Waals surface area (Å²) in [6.07, 6.45) is 7.88. The van der Waals surface area contributed by atoms with Crippen LogP contribution in [-0.2, 0) is 14.3 Å². The lowest BCUT2D eigenvalue weighted by molar-refractivity contribution is -0.152. The average molecular weight is 481 g/mol. The lowest BCUT2D eigenvalue weighted by atomic mass is 9.46. The molecule has 4 bridgehead atoms. The van der Waals surface area contributed by atoms with Gasteiger partial charge in [-0.3, -0.25) is 4.79 Å². The van der Waals surface area contributed by atoms with E-state index in [4.69, 9.17) is 21.4 Å². The molecule has 0 aromatic heterocycles. The Bertz CT molecular complexity index is 737. The molecule has 0 saturated heterocycles. The summed E-state index contributed by atoms with van der Waals surface area (Å²) in [6, 6.07) is 0. The Morgan fingerprint density at radius 2 is 1.30 bits per heavy atom. The van der Waals surface area contributed by atoms with E-state index in [1.165, 1.54) is 38.5 Å². The van der Waals surface area contributed by atoms with Crippen molar-refractivity contribution < 1.29 is 19.4 Å². The van der Waals surface area contributed by atoms with Gasteiger partial charge in [-0.25, -0.2) is 4.79 Å². The van der Waals surface area contributed by atoms with Crippen LogP contribution >= 0.6 is 11.6 Å². The fourth-order valence-electron chi connectivity index (χ4n) is 6.65. The van der Waals surface area contributed by atoms with Crippen molar-refractivity contribution in [3.63, 3.8) is 0 Å². The van der Waals surface area contributed by atoms with E-state index in [0.29, 0.717) is 47.0 Å². The van der Waals surface area contributed by atoms with Crippen LogP contribution in [0.2, 0.25) is 0 Å². The summed E-state index contributed by atoms with van der Waals surface area (Å²) in [5, 5.41) is 8.66. The highest BCUT2D eigenvalue weighted by atomic mass is 35.5. The Morgan fingerprint density at radius 3 is 1.61 bits per heavy atom. The molecule has 0 radical (unpaired) electrons. The van der Waals surface area contributed by atoms with E-state index in [0.717, 1.165) is 23.7 Å². The molecular weight excluding hydrogens is 436 g/mol. The molecule has 0 amide bonds. The zero-order chi connectivity index (χ0) is 25.1. The summed E-state index contributed by atoms with van der Waals surface area (Å²) in [6.45, 7) is 20.6. The topological polar surface area (TPSA) is 63.6 Å². The van der Waals surface area contributed by atoms with Gasteiger partial charge in [0.1, 0.15) is 0 Å². The van der Waals surface area contributed by atoms with E-state index >= 15 is 0 Å². The van der Waals surface area contributed by atoms with Crippen molar-refractivity contribution >= 4 is 22.8 Å². The van der Waals surface area contributed by atoms with Gasteiger partial charge < -0.3 is 9.84 Å². The fraction of sp³-hybridized carbons (Fsp3) is 0.786. The standard InChI is InChI=1S/C14H22O2.C10H18O.C4H5ClO/c1-9(2)13(15)16-8-10-5-6-11-7-12(10)14(11,3)4;1-10(2)8-4-3-7(6-11)9(10)5-8;1-3(2)4(5)6/h10-12H,1,5-8H2,2-4H3;7-9,11H,3-6H2,1-2H3;1H2,2H3/t10-,11-,12-;7-,8-,9-;/m00./s1. The molecule has 6 saturated carbocycles. The van der Waals surface area contributed by atoms with E-state index in [-0.39, 0.29) is 5.97 Å². The molecule has 5 heteroatoms. The van der Waals surface area contributed by atoms with Crippen molar-refractivity contribution in [3.05, 3.63) is 24.3 Å². The minimum absolute atomic E-state index is 0.237. The third kappa shape index (κ3) is 6.31. The molecule has 0 unspecified atom stereocenters. The number of ether oxygens (including phenoxy) is 1. The maximum absolute atomic E-state index is 11.3. The lowest BCUT2D eigenvalue weighted by Crippen LogP contribution is -2.53. The summed E-state index contributed by atoms with van der Waals surface area (Å²) >= 11 is 4.87. The Labute approximate surface area is 206 Å². The van der Waals surface area contributed by atoms with E-state index in [1.807, 2.05) is 0 Å². The van der Waals surface area contributed by atoms with Crippen LogP contribution in [0, 0.1) is 46.3 Å². The third-order valence-electron chi connectivity index (χ3n) is 9.35. The molecule has 0 heterocycles. The van der Waals surface area contributed by atoms with Crippen LogP contribution in [0.4, 0.5) is 0 Å². The number of rotatable bonds is 5. The molecule has 0 aromatic rings. The maximum atomic E-state index is 11.3. The van der Waals surface area contributed by atoms with E-state index in [1.54, 1.807) is 13.8 Å². The monoisotopic (exact) mass is 480 g/mol. The number of fused-ring (bicyclic) bond motifs is 4. The number of carbonyl (C=O) groups excluding carboxylic acids is 2. The van der Waals surface area contributed by atoms with Crippen molar-refractivity contribution in [3.8, 4) is 0 Å². The van der Waals surface area contributed by atoms with Crippen LogP contribution in [-0.4, -0.2) is 29.5 Å². The Balaban J connectivity index is 0.000000196. The van der Waals surface area contributed by atoms with Crippen LogP contribution < -0.4 is 0 Å². The van der Waals surface area contributed by atoms with Gasteiger partial charge in [-0.2, -0.15) is 0 Å². The SMILES string of the molecule is C=C(C)C(=O)Cl.C=C(C)C(=O)OC[C@@H]1CC[C@H]2C[C@@H]1C2(C)C.CC1(C)[C@H]2CC[C@@H](CO)[C@@H]1C2. The number of carbonyl (C=O) groups is 2. The van der Waals surface area contributed by atoms with Gasteiger partial charge in [-0.05, 0) is 110 Å². The molecule has 1 N–H and O–H groups in total. The van der Waals surface area contributed by atoms with Gasteiger partial charge in [-0.1, -0.05) is 40.9 Å². The molecule has 0 aromatic carbocycles. The van der Waals surface area contributed by atoms with Crippen LogP contribution in [0.5, 0.6) is 0 Å². The van der Waals surface area contributed by atoms with Gasteiger partial charge >= 0.3 is 5.97 Å². The van der Waals surface area contributed by atoms with Gasteiger partial charge in [0.15, 0.2) is 0 Å². The quantitative estimate of drug-likeness (QED) is 0.275. The first-order chi connectivity index (χ1) is 15.2. The van der Waals surface area contributed by atoms with E-state index < -0.39 is 5.24 Å². The molecule has 33 heavy (non-hydrogen) atoms. The van der Waals surface area contributed by atoms with Gasteiger partial charge in [-0.15, -0.1) is 0 Å². The van der Waals surface area contributed by atoms with Crippen molar-refractivity contribution in [1.29, 1.82) is 0 Å². The van der Waals surface area contributed by atoms with Gasteiger partial charge in [0.2, 0.25) is 5.24 Å². The minimum atomic E-state index is -0.463. The molecule has 0 spiro atoms. The van der Waals surface area contributed by atoms with Crippen molar-refractivity contribution in [1.82, 2.24) is 0 Å². The Morgan fingerprint density at radius 1 is 0.879 bits per heavy atom. The second-order valence-corrected chi connectivity index (χ2v) is 12.4. The normalized spacial score (nSPS) is 33.9. The summed E-state index contributed by atoms with van der Waals surface area (Å²) in [5.41, 5.74) is 1.91. The number of allylic oxidation sites excluding steroid dienone is 1. The first-order valence-corrected chi connectivity index (χ1v) is 12.9. The van der Waals surface area contributed by atoms with Crippen LogP contribution in [0.3, 0.4) is 0 Å². The highest BCUT2D eigenvalue weighted by Gasteiger charge is 2.54. The number of esters is 1. The second-order valence-electron chi connectivity index (χ2n) is 12.0. The number of aliphatic hydroxyl groups is 1. The lowest BCUT2D eigenvalue weighted by Gasteiger charge is -2.60. The van der Waals surface area contributed by atoms with E-state index in [9.17, 15) is 9.59 Å². The fourth-order valence-corrected chi connectivity index (χ4v) is 6.65. The van der Waals surface area contributed by atoms with Crippen molar-refractivity contribution in [2.45, 2.75) is 80.1 Å². The first-order valence-electron chi connectivity index (χ1n) is 12.5. The number of aliphatic hydroxyl groups excluding tert-OH is 1. The highest BCUT2D eigenvalue weighted by Crippen LogP contribution is 2.62. The zero-order valence-electron chi connectivity index (χ0n) is 21.6. The first kappa shape index (κ1) is 28.1. The summed E-state index contributed by atoms with van der Waals surface area (Å²) in [5.74, 6) is 4.41. The smallest absolute Gasteiger partial charge is 0.333 e. The highest BCUT2D eigenvalue weighted by molar-refractivity contribution is 6.67. The number of hydrogen-bond acceptors (Lipinski definition) is 4. The third-order valence-corrected chi connectivity index (χ3v) is 9.67. The summed E-state index contributed by atoms with van der Waals surface area (Å²) in [4.78, 5) is 21.2. The maximum Gasteiger partial charge on any atom is 0.333 e. The molecular formula is C28H45ClO4. The largest absolute Gasteiger partial charge is 0.462 e. The zero-order valence-corrected chi connectivity index (χ0v) is 22.3. The van der Waals surface area contributed by atoms with Crippen LogP contribution in [0.25, 0.3) is 0 Å². The van der Waals surface area contributed by atoms with Crippen molar-refractivity contribution in [2.75, 3.05) is 13.2 Å². The predicted molar refractivity (Wildman–Crippen MR) is 135 cm³/mol. The van der Waals surface area contributed by atoms with E-state index in [2.05, 4.69) is 40.9 Å². The van der Waals surface area contributed by atoms with Crippen LogP contribution in [0.1, 0.15) is 80.1 Å². The molecule has 188 valence electrons. The number of hydrogen-bond donors (Lipinski definition) is 1. The minimum Gasteiger partial charge on any atom is -0.462 e. The summed E-state index contributed by atoms with van der Waals surface area (Å²) in [7, 11) is 0.